The first-order chi connectivity index (χ1) is 13.0. The Kier molecular flexibility index (Phi) is 4.67. The number of para-hydroxylation sites is 1. The van der Waals surface area contributed by atoms with Crippen molar-refractivity contribution in [3.8, 4) is 0 Å². The number of hydrogen-bond acceptors (Lipinski definition) is 2. The largest absolute Gasteiger partial charge is 0.478 e. The van der Waals surface area contributed by atoms with Crippen LogP contribution in [0.15, 0.2) is 42.5 Å². The van der Waals surface area contributed by atoms with Crippen LogP contribution in [0, 0.1) is 5.92 Å². The van der Waals surface area contributed by atoms with E-state index in [0.717, 1.165) is 28.8 Å². The average molecular weight is 398 g/mol. The summed E-state index contributed by atoms with van der Waals surface area (Å²) in [6.45, 7) is 2.12. The number of benzene rings is 2. The van der Waals surface area contributed by atoms with Crippen LogP contribution in [0.1, 0.15) is 40.5 Å². The monoisotopic (exact) mass is 397 g/mol. The van der Waals surface area contributed by atoms with Gasteiger partial charge in [-0.25, -0.2) is 9.78 Å². The van der Waals surface area contributed by atoms with Gasteiger partial charge in [0.05, 0.1) is 26.8 Å². The third kappa shape index (κ3) is 3.22. The Morgan fingerprint density at radius 3 is 2.70 bits per heavy atom. The molecule has 1 atom stereocenters. The highest BCUT2D eigenvalue weighted by Crippen LogP contribution is 2.39. The molecule has 27 heavy (non-hydrogen) atoms. The van der Waals surface area contributed by atoms with Gasteiger partial charge in [-0.05, 0) is 53.7 Å². The van der Waals surface area contributed by atoms with Crippen molar-refractivity contribution >= 4 is 51.7 Å². The van der Waals surface area contributed by atoms with Gasteiger partial charge in [-0.15, -0.1) is 0 Å². The second kappa shape index (κ2) is 6.99. The average Bonchev–Trinajstić information content (AvgIpc) is 2.63. The van der Waals surface area contributed by atoms with Gasteiger partial charge in [0, 0.05) is 5.39 Å². The van der Waals surface area contributed by atoms with Crippen molar-refractivity contribution in [3.63, 3.8) is 0 Å². The van der Waals surface area contributed by atoms with E-state index in [1.165, 1.54) is 0 Å². The lowest BCUT2D eigenvalue weighted by molar-refractivity contribution is 0.0697. The van der Waals surface area contributed by atoms with Gasteiger partial charge < -0.3 is 5.11 Å². The van der Waals surface area contributed by atoms with Gasteiger partial charge in [-0.1, -0.05) is 60.5 Å². The summed E-state index contributed by atoms with van der Waals surface area (Å²) in [5.74, 6) is -0.609. The molecule has 2 aromatic carbocycles. The molecule has 0 amide bonds. The molecule has 0 fully saturated rings. The number of carbonyl (C=O) groups is 1. The predicted molar refractivity (Wildman–Crippen MR) is 111 cm³/mol. The summed E-state index contributed by atoms with van der Waals surface area (Å²) in [5, 5.41) is 11.6. The number of hydrogen-bond donors (Lipinski definition) is 1. The minimum absolute atomic E-state index is 0.308. The van der Waals surface area contributed by atoms with E-state index in [-0.39, 0.29) is 0 Å². The summed E-state index contributed by atoms with van der Waals surface area (Å²) < 4.78 is 0. The minimum atomic E-state index is -0.918. The molecule has 1 N–H and O–H groups in total. The first kappa shape index (κ1) is 18.0. The minimum Gasteiger partial charge on any atom is -0.478 e. The molecule has 1 aliphatic rings. The SMILES string of the molecule is CC1CC(=Cc2cccc(Cl)c2Cl)c2nc3ccccc3c(C(=O)O)c2C1. The normalized spacial score (nSPS) is 17.9. The van der Waals surface area contributed by atoms with Crippen LogP contribution in [0.25, 0.3) is 22.6 Å². The van der Waals surface area contributed by atoms with Crippen LogP contribution < -0.4 is 0 Å². The molecule has 0 saturated heterocycles. The molecule has 5 heteroatoms. The topological polar surface area (TPSA) is 50.2 Å². The highest BCUT2D eigenvalue weighted by Gasteiger charge is 2.28. The lowest BCUT2D eigenvalue weighted by Crippen LogP contribution is -2.17. The first-order valence-corrected chi connectivity index (χ1v) is 9.51. The summed E-state index contributed by atoms with van der Waals surface area (Å²) in [6, 6.07) is 12.9. The number of carboxylic acid groups (broad SMARTS) is 1. The number of halogens is 2. The molecule has 3 aromatic rings. The lowest BCUT2D eigenvalue weighted by atomic mass is 9.80. The van der Waals surface area contributed by atoms with Crippen molar-refractivity contribution in [2.24, 2.45) is 5.92 Å². The summed E-state index contributed by atoms with van der Waals surface area (Å²) in [6.07, 6.45) is 3.48. The van der Waals surface area contributed by atoms with Crippen molar-refractivity contribution in [2.45, 2.75) is 19.8 Å². The van der Waals surface area contributed by atoms with Gasteiger partial charge in [0.25, 0.3) is 0 Å². The third-order valence-electron chi connectivity index (χ3n) is 4.94. The molecule has 0 saturated carbocycles. The number of nitrogens with zero attached hydrogens (tertiary/aromatic N) is 1. The van der Waals surface area contributed by atoms with E-state index in [1.54, 1.807) is 6.07 Å². The summed E-state index contributed by atoms with van der Waals surface area (Å²) in [7, 11) is 0. The Morgan fingerprint density at radius 2 is 1.93 bits per heavy atom. The molecule has 4 rings (SSSR count). The molecule has 0 aliphatic heterocycles. The highest BCUT2D eigenvalue weighted by molar-refractivity contribution is 6.43. The number of aromatic nitrogens is 1. The van der Waals surface area contributed by atoms with Crippen molar-refractivity contribution < 1.29 is 9.90 Å². The van der Waals surface area contributed by atoms with Crippen LogP contribution in [-0.4, -0.2) is 16.1 Å². The maximum atomic E-state index is 12.1. The maximum absolute atomic E-state index is 12.1. The van der Waals surface area contributed by atoms with Gasteiger partial charge in [0.1, 0.15) is 0 Å². The Balaban J connectivity index is 2.01. The van der Waals surface area contributed by atoms with Crippen LogP contribution >= 0.6 is 23.2 Å². The lowest BCUT2D eigenvalue weighted by Gasteiger charge is -2.26. The third-order valence-corrected chi connectivity index (χ3v) is 5.78. The zero-order valence-electron chi connectivity index (χ0n) is 14.7. The number of carboxylic acids is 1. The molecule has 0 radical (unpaired) electrons. The van der Waals surface area contributed by atoms with E-state index in [0.29, 0.717) is 38.9 Å². The molecule has 1 aromatic heterocycles. The molecular weight excluding hydrogens is 381 g/mol. The number of pyridine rings is 1. The van der Waals surface area contributed by atoms with E-state index in [4.69, 9.17) is 28.2 Å². The fourth-order valence-electron chi connectivity index (χ4n) is 3.80. The second-order valence-corrected chi connectivity index (χ2v) is 7.75. The molecule has 136 valence electrons. The van der Waals surface area contributed by atoms with E-state index in [2.05, 4.69) is 6.92 Å². The van der Waals surface area contributed by atoms with Gasteiger partial charge in [0.2, 0.25) is 0 Å². The van der Waals surface area contributed by atoms with Crippen LogP contribution in [0.5, 0.6) is 0 Å². The van der Waals surface area contributed by atoms with Crippen LogP contribution in [0.2, 0.25) is 10.0 Å². The fraction of sp³-hybridized carbons (Fsp3) is 0.182. The molecule has 1 unspecified atom stereocenters. The highest BCUT2D eigenvalue weighted by atomic mass is 35.5. The van der Waals surface area contributed by atoms with Crippen LogP contribution in [0.3, 0.4) is 0 Å². The Morgan fingerprint density at radius 1 is 1.15 bits per heavy atom. The Labute approximate surface area is 167 Å². The predicted octanol–water partition coefficient (Wildman–Crippen LogP) is 6.36. The first-order valence-electron chi connectivity index (χ1n) is 8.75. The van der Waals surface area contributed by atoms with Gasteiger partial charge in [-0.3, -0.25) is 0 Å². The summed E-state index contributed by atoms with van der Waals surface area (Å²) in [5.41, 5.74) is 4.38. The van der Waals surface area contributed by atoms with Crippen LogP contribution in [0.4, 0.5) is 0 Å². The maximum Gasteiger partial charge on any atom is 0.336 e. The number of aromatic carboxylic acids is 1. The second-order valence-electron chi connectivity index (χ2n) is 6.96. The van der Waals surface area contributed by atoms with Crippen molar-refractivity contribution in [1.82, 2.24) is 4.98 Å². The number of fused-ring (bicyclic) bond motifs is 2. The van der Waals surface area contributed by atoms with Crippen molar-refractivity contribution in [2.75, 3.05) is 0 Å². The van der Waals surface area contributed by atoms with Crippen molar-refractivity contribution in [1.29, 1.82) is 0 Å². The van der Waals surface area contributed by atoms with Gasteiger partial charge in [-0.2, -0.15) is 0 Å². The fourth-order valence-corrected chi connectivity index (χ4v) is 4.16. The zero-order chi connectivity index (χ0) is 19.1. The van der Waals surface area contributed by atoms with E-state index >= 15 is 0 Å². The van der Waals surface area contributed by atoms with E-state index in [1.807, 2.05) is 42.5 Å². The zero-order valence-corrected chi connectivity index (χ0v) is 16.2. The van der Waals surface area contributed by atoms with E-state index in [9.17, 15) is 9.90 Å². The van der Waals surface area contributed by atoms with E-state index < -0.39 is 5.97 Å². The van der Waals surface area contributed by atoms with Gasteiger partial charge in [0.15, 0.2) is 0 Å². The molecular formula is C22H17Cl2NO2. The van der Waals surface area contributed by atoms with Crippen LogP contribution in [-0.2, 0) is 6.42 Å². The Bertz CT molecular complexity index is 1100. The molecule has 1 heterocycles. The summed E-state index contributed by atoms with van der Waals surface area (Å²) >= 11 is 12.5. The van der Waals surface area contributed by atoms with Gasteiger partial charge >= 0.3 is 5.97 Å². The van der Waals surface area contributed by atoms with Crippen molar-refractivity contribution in [3.05, 3.63) is 74.9 Å². The number of allylic oxidation sites excluding steroid dienone is 1. The quantitative estimate of drug-likeness (QED) is 0.546. The smallest absolute Gasteiger partial charge is 0.336 e. The molecule has 3 nitrogen and oxygen atoms in total. The molecule has 0 spiro atoms. The number of rotatable bonds is 2. The molecule has 1 aliphatic carbocycles. The summed E-state index contributed by atoms with van der Waals surface area (Å²) in [4.78, 5) is 16.9. The standard InChI is InChI=1S/C22H17Cl2NO2/c1-12-9-14(11-13-5-4-7-17(23)20(13)24)21-16(10-12)19(22(26)27)15-6-2-3-8-18(15)25-21/h2-8,11-12H,9-10H2,1H3,(H,26,27). The molecule has 0 bridgehead atoms. The Hall–Kier alpha value is -2.36.